The van der Waals surface area contributed by atoms with Crippen molar-refractivity contribution < 1.29 is 14.3 Å². The molecule has 0 heterocycles. The molecule has 0 bridgehead atoms. The van der Waals surface area contributed by atoms with E-state index in [0.717, 1.165) is 32.5 Å². The van der Waals surface area contributed by atoms with Crippen molar-refractivity contribution >= 4 is 5.78 Å². The predicted octanol–water partition coefficient (Wildman–Crippen LogP) is 4.61. The van der Waals surface area contributed by atoms with Gasteiger partial charge in [-0.15, -0.1) is 0 Å². The second kappa shape index (κ2) is 6.35. The smallest absolute Gasteiger partial charge is 0.156 e. The summed E-state index contributed by atoms with van der Waals surface area (Å²) in [6.07, 6.45) is 10.7. The third-order valence-electron chi connectivity index (χ3n) is 7.95. The van der Waals surface area contributed by atoms with E-state index < -0.39 is 0 Å². The molecule has 4 aliphatic rings. The van der Waals surface area contributed by atoms with Gasteiger partial charge in [-0.2, -0.15) is 0 Å². The number of carbonyl (C=O) groups is 1. The van der Waals surface area contributed by atoms with Crippen LogP contribution in [0.3, 0.4) is 0 Å². The summed E-state index contributed by atoms with van der Waals surface area (Å²) in [6.45, 7) is 6.02. The molecule has 0 radical (unpaired) electrons. The molecule has 25 heavy (non-hydrogen) atoms. The van der Waals surface area contributed by atoms with Gasteiger partial charge in [-0.25, -0.2) is 0 Å². The summed E-state index contributed by atoms with van der Waals surface area (Å²) in [5.41, 5.74) is 4.68. The number of ketones is 1. The number of allylic oxidation sites excluding steroid dienone is 4. The number of carbonyl (C=O) groups excluding carboxylic acids is 1. The van der Waals surface area contributed by atoms with E-state index in [1.807, 2.05) is 13.2 Å². The molecule has 4 atom stereocenters. The zero-order valence-corrected chi connectivity index (χ0v) is 16.0. The van der Waals surface area contributed by atoms with Crippen LogP contribution in [0.25, 0.3) is 0 Å². The Hall–Kier alpha value is -0.930. The largest absolute Gasteiger partial charge is 0.379 e. The van der Waals surface area contributed by atoms with Gasteiger partial charge >= 0.3 is 0 Å². The van der Waals surface area contributed by atoms with E-state index in [-0.39, 0.29) is 11.0 Å². The van der Waals surface area contributed by atoms with Gasteiger partial charge in [0.2, 0.25) is 0 Å². The van der Waals surface area contributed by atoms with Crippen LogP contribution in [0.5, 0.6) is 0 Å². The number of methoxy groups -OCH3 is 1. The minimum Gasteiger partial charge on any atom is -0.379 e. The summed E-state index contributed by atoms with van der Waals surface area (Å²) >= 11 is 0. The Bertz CT molecular complexity index is 631. The van der Waals surface area contributed by atoms with Gasteiger partial charge in [0.15, 0.2) is 5.78 Å². The molecule has 2 fully saturated rings. The molecular weight excluding hydrogens is 312 g/mol. The summed E-state index contributed by atoms with van der Waals surface area (Å²) < 4.78 is 12.1. The van der Waals surface area contributed by atoms with Crippen LogP contribution >= 0.6 is 0 Å². The minimum absolute atomic E-state index is 0.122. The van der Waals surface area contributed by atoms with Gasteiger partial charge in [-0.05, 0) is 80.9 Å². The fourth-order valence-corrected chi connectivity index (χ4v) is 6.52. The average molecular weight is 344 g/mol. The summed E-state index contributed by atoms with van der Waals surface area (Å²) in [7, 11) is 1.88. The lowest BCUT2D eigenvalue weighted by Crippen LogP contribution is -2.53. The monoisotopic (exact) mass is 344 g/mol. The second-order valence-electron chi connectivity index (χ2n) is 8.68. The molecule has 0 aliphatic heterocycles. The first-order valence-electron chi connectivity index (χ1n) is 10.1. The maximum atomic E-state index is 11.8. The first-order chi connectivity index (χ1) is 12.0. The molecule has 138 valence electrons. The second-order valence-corrected chi connectivity index (χ2v) is 8.68. The number of fused-ring (bicyclic) bond motifs is 4. The van der Waals surface area contributed by atoms with Crippen LogP contribution in [0.4, 0.5) is 0 Å². The summed E-state index contributed by atoms with van der Waals surface area (Å²) in [5, 5.41) is 0. The molecular formula is C22H32O3. The van der Waals surface area contributed by atoms with Crippen molar-refractivity contribution in [3.05, 3.63) is 22.8 Å². The third-order valence-corrected chi connectivity index (χ3v) is 7.95. The van der Waals surface area contributed by atoms with Crippen LogP contribution in [-0.2, 0) is 14.3 Å². The van der Waals surface area contributed by atoms with Gasteiger partial charge in [-0.3, -0.25) is 4.79 Å². The molecule has 0 aromatic carbocycles. The van der Waals surface area contributed by atoms with Crippen molar-refractivity contribution in [1.82, 2.24) is 0 Å². The molecule has 4 rings (SSSR count). The van der Waals surface area contributed by atoms with Crippen LogP contribution in [0.2, 0.25) is 0 Å². The van der Waals surface area contributed by atoms with Crippen molar-refractivity contribution in [2.75, 3.05) is 20.3 Å². The van der Waals surface area contributed by atoms with Gasteiger partial charge in [0.05, 0.1) is 12.2 Å². The molecule has 2 saturated carbocycles. The first kappa shape index (κ1) is 17.5. The molecule has 0 saturated heterocycles. The highest BCUT2D eigenvalue weighted by molar-refractivity contribution is 5.93. The first-order valence-corrected chi connectivity index (χ1v) is 10.1. The summed E-state index contributed by atoms with van der Waals surface area (Å²) in [4.78, 5) is 11.8. The Morgan fingerprint density at radius 2 is 2.00 bits per heavy atom. The van der Waals surface area contributed by atoms with Crippen LogP contribution in [-0.4, -0.2) is 31.7 Å². The van der Waals surface area contributed by atoms with E-state index >= 15 is 0 Å². The summed E-state index contributed by atoms with van der Waals surface area (Å²) in [6, 6.07) is 0. The number of ether oxygens (including phenoxy) is 2. The molecule has 4 aliphatic carbocycles. The number of hydrogen-bond acceptors (Lipinski definition) is 3. The highest BCUT2D eigenvalue weighted by Gasteiger charge is 2.61. The fraction of sp³-hybridized carbons (Fsp3) is 0.773. The fourth-order valence-electron chi connectivity index (χ4n) is 6.52. The molecule has 0 unspecified atom stereocenters. The van der Waals surface area contributed by atoms with E-state index in [1.165, 1.54) is 31.3 Å². The van der Waals surface area contributed by atoms with Gasteiger partial charge in [-0.1, -0.05) is 12.5 Å². The number of hydrogen-bond donors (Lipinski definition) is 0. The van der Waals surface area contributed by atoms with Crippen molar-refractivity contribution in [2.24, 2.45) is 17.3 Å². The zero-order valence-electron chi connectivity index (χ0n) is 16.0. The third kappa shape index (κ3) is 2.49. The van der Waals surface area contributed by atoms with Gasteiger partial charge in [0, 0.05) is 25.6 Å². The lowest BCUT2D eigenvalue weighted by atomic mass is 9.55. The van der Waals surface area contributed by atoms with Crippen LogP contribution in [0.1, 0.15) is 65.2 Å². The Labute approximate surface area is 151 Å². The Balaban J connectivity index is 1.67. The predicted molar refractivity (Wildman–Crippen MR) is 98.4 cm³/mol. The summed E-state index contributed by atoms with van der Waals surface area (Å²) in [5.74, 6) is 1.72. The molecule has 3 nitrogen and oxygen atoms in total. The molecule has 0 amide bonds. The van der Waals surface area contributed by atoms with Crippen LogP contribution in [0.15, 0.2) is 22.8 Å². The van der Waals surface area contributed by atoms with E-state index in [2.05, 4.69) is 13.8 Å². The molecule has 3 heteroatoms. The quantitative estimate of drug-likeness (QED) is 0.747. The van der Waals surface area contributed by atoms with Gasteiger partial charge in [0.25, 0.3) is 0 Å². The van der Waals surface area contributed by atoms with Crippen molar-refractivity contribution in [2.45, 2.75) is 70.8 Å². The highest BCUT2D eigenvalue weighted by Crippen LogP contribution is 2.64. The van der Waals surface area contributed by atoms with Crippen LogP contribution in [0, 0.1) is 17.3 Å². The highest BCUT2D eigenvalue weighted by atomic mass is 16.5. The molecule has 0 aromatic rings. The Kier molecular flexibility index (Phi) is 4.44. The van der Waals surface area contributed by atoms with Gasteiger partial charge in [0.1, 0.15) is 0 Å². The zero-order chi connectivity index (χ0) is 17.7. The van der Waals surface area contributed by atoms with E-state index in [1.54, 1.807) is 11.1 Å². The Morgan fingerprint density at radius 3 is 2.76 bits per heavy atom. The minimum atomic E-state index is -0.122. The van der Waals surface area contributed by atoms with E-state index in [9.17, 15) is 4.79 Å². The normalized spacial score (nSPS) is 40.4. The lowest BCUT2D eigenvalue weighted by molar-refractivity contribution is -0.152. The maximum absolute atomic E-state index is 11.8. The average Bonchev–Trinajstić information content (AvgIpc) is 2.92. The van der Waals surface area contributed by atoms with E-state index in [4.69, 9.17) is 9.47 Å². The molecule has 0 spiro atoms. The van der Waals surface area contributed by atoms with Crippen LogP contribution < -0.4 is 0 Å². The van der Waals surface area contributed by atoms with Crippen molar-refractivity contribution in [3.63, 3.8) is 0 Å². The topological polar surface area (TPSA) is 35.5 Å². The maximum Gasteiger partial charge on any atom is 0.156 e. The van der Waals surface area contributed by atoms with Gasteiger partial charge < -0.3 is 9.47 Å². The lowest BCUT2D eigenvalue weighted by Gasteiger charge is -2.53. The van der Waals surface area contributed by atoms with Crippen molar-refractivity contribution in [1.29, 1.82) is 0 Å². The molecule has 0 aromatic heterocycles. The SMILES string of the molecule is CCOC[C@]1(OC)CC[C@H]2[C@@H]3CCC4=CC(=O)CCC4=C3CC[C@@]21C. The Morgan fingerprint density at radius 1 is 1.16 bits per heavy atom. The van der Waals surface area contributed by atoms with Crippen molar-refractivity contribution in [3.8, 4) is 0 Å². The number of rotatable bonds is 4. The standard InChI is InChI=1S/C22H32O3/c1-4-25-14-22(24-3)12-10-20-19-7-5-15-13-16(23)6-8-17(15)18(19)9-11-21(20,22)2/h13,19-20H,4-12,14H2,1-3H3/t19-,20+,21+,22-/m1/s1. The van der Waals surface area contributed by atoms with E-state index in [0.29, 0.717) is 24.0 Å². The molecule has 0 N–H and O–H groups in total.